The van der Waals surface area contributed by atoms with Gasteiger partial charge in [-0.3, -0.25) is 9.59 Å². The summed E-state index contributed by atoms with van der Waals surface area (Å²) in [4.78, 5) is 24.3. The summed E-state index contributed by atoms with van der Waals surface area (Å²) < 4.78 is 17.4. The van der Waals surface area contributed by atoms with Crippen LogP contribution in [0.1, 0.15) is 129 Å². The predicted molar refractivity (Wildman–Crippen MR) is 168 cm³/mol. The Morgan fingerprint density at radius 1 is 0.860 bits per heavy atom. The third kappa shape index (κ3) is 11.3. The fraction of sp³-hybridized carbons (Fsp3) is 0.943. The van der Waals surface area contributed by atoms with E-state index in [1.54, 1.807) is 7.11 Å². The summed E-state index contributed by atoms with van der Waals surface area (Å²) in [5, 5.41) is 14.2. The molecule has 248 valence electrons. The van der Waals surface area contributed by atoms with Gasteiger partial charge in [-0.25, -0.2) is 0 Å². The summed E-state index contributed by atoms with van der Waals surface area (Å²) in [6.45, 7) is 3.86. The molecule has 0 aromatic carbocycles. The van der Waals surface area contributed by atoms with E-state index in [0.717, 1.165) is 63.3 Å². The number of hydrogen-bond acceptors (Lipinski definition) is 8. The van der Waals surface area contributed by atoms with Gasteiger partial charge in [0.25, 0.3) is 0 Å². The van der Waals surface area contributed by atoms with E-state index in [-0.39, 0.29) is 36.4 Å². The van der Waals surface area contributed by atoms with E-state index in [1.807, 2.05) is 0 Å². The molecule has 43 heavy (non-hydrogen) atoms. The average molecular weight is 607 g/mol. The fourth-order valence-electron chi connectivity index (χ4n) is 9.34. The van der Waals surface area contributed by atoms with Crippen LogP contribution in [0.25, 0.3) is 0 Å². The number of aliphatic hydroxyl groups excluding tert-OH is 1. The Bertz CT molecular complexity index is 842. The van der Waals surface area contributed by atoms with Crippen molar-refractivity contribution in [3.63, 3.8) is 0 Å². The van der Waals surface area contributed by atoms with E-state index in [1.165, 1.54) is 78.1 Å². The number of ether oxygens (including phenoxy) is 3. The summed E-state index contributed by atoms with van der Waals surface area (Å²) in [6.07, 6.45) is 18.8. The molecule has 0 aromatic heterocycles. The van der Waals surface area contributed by atoms with Crippen molar-refractivity contribution in [1.29, 1.82) is 0 Å². The first-order valence-corrected chi connectivity index (χ1v) is 17.7. The second kappa shape index (κ2) is 17.5. The van der Waals surface area contributed by atoms with Crippen LogP contribution in [0.5, 0.6) is 0 Å². The minimum absolute atomic E-state index is 0.00250. The Kier molecular flexibility index (Phi) is 14.1. The van der Waals surface area contributed by atoms with Crippen molar-refractivity contribution in [2.45, 2.75) is 160 Å². The summed E-state index contributed by atoms with van der Waals surface area (Å²) in [5.41, 5.74) is 6.27. The highest BCUT2D eigenvalue weighted by Gasteiger charge is 2.41. The second-order valence-electron chi connectivity index (χ2n) is 14.7. The van der Waals surface area contributed by atoms with E-state index in [0.29, 0.717) is 30.1 Å². The average Bonchev–Trinajstić information content (AvgIpc) is 2.97. The molecule has 8 unspecified atom stereocenters. The first kappa shape index (κ1) is 34.6. The summed E-state index contributed by atoms with van der Waals surface area (Å²) in [6, 6.07) is 0. The summed E-state index contributed by atoms with van der Waals surface area (Å²) in [7, 11) is 1.68. The molecular formula is C35H62N2O6. The number of rotatable bonds is 13. The standard InChI is InChI=1S/C35H62N2O6/c1-23(38)42-30(14-13-28-19-34(41-3)33(40)22-32(28)29-15-16-37-35(36)20-29)21-31(43-24(2)39)18-27-11-9-26(10-12-27)17-25-7-5-4-6-8-25/h25-35,37,40H,4-22,36H2,1-3H3. The molecule has 0 bridgehead atoms. The van der Waals surface area contributed by atoms with Gasteiger partial charge in [0.2, 0.25) is 0 Å². The van der Waals surface area contributed by atoms with Gasteiger partial charge in [0.15, 0.2) is 0 Å². The van der Waals surface area contributed by atoms with Crippen LogP contribution in [0, 0.1) is 35.5 Å². The van der Waals surface area contributed by atoms with Crippen LogP contribution >= 0.6 is 0 Å². The van der Waals surface area contributed by atoms with Crippen molar-refractivity contribution in [3.05, 3.63) is 0 Å². The number of methoxy groups -OCH3 is 1. The number of nitrogens with one attached hydrogen (secondary N) is 1. The lowest BCUT2D eigenvalue weighted by Gasteiger charge is -2.45. The molecule has 3 aliphatic carbocycles. The van der Waals surface area contributed by atoms with Crippen molar-refractivity contribution in [2.75, 3.05) is 13.7 Å². The molecular weight excluding hydrogens is 544 g/mol. The Morgan fingerprint density at radius 3 is 2.16 bits per heavy atom. The van der Waals surface area contributed by atoms with E-state index in [4.69, 9.17) is 19.9 Å². The maximum Gasteiger partial charge on any atom is 0.302 e. The van der Waals surface area contributed by atoms with Crippen molar-refractivity contribution in [1.82, 2.24) is 5.32 Å². The van der Waals surface area contributed by atoms with E-state index < -0.39 is 6.10 Å². The number of aliphatic hydroxyl groups is 1. The Morgan fingerprint density at radius 2 is 1.51 bits per heavy atom. The van der Waals surface area contributed by atoms with Crippen LogP contribution in [-0.4, -0.2) is 61.3 Å². The molecule has 4 aliphatic rings. The summed E-state index contributed by atoms with van der Waals surface area (Å²) >= 11 is 0. The Hall–Kier alpha value is -1.22. The molecule has 0 spiro atoms. The number of esters is 2. The Balaban J connectivity index is 1.34. The van der Waals surface area contributed by atoms with Gasteiger partial charge in [-0.2, -0.15) is 0 Å². The van der Waals surface area contributed by atoms with Gasteiger partial charge in [-0.1, -0.05) is 57.8 Å². The lowest BCUT2D eigenvalue weighted by molar-refractivity contribution is -0.154. The molecule has 1 aliphatic heterocycles. The maximum atomic E-state index is 12.2. The lowest BCUT2D eigenvalue weighted by atomic mass is 9.66. The van der Waals surface area contributed by atoms with Crippen LogP contribution in [-0.2, 0) is 23.8 Å². The molecule has 4 rings (SSSR count). The first-order valence-electron chi connectivity index (χ1n) is 17.7. The molecule has 1 saturated heterocycles. The van der Waals surface area contributed by atoms with Gasteiger partial charge in [0, 0.05) is 27.4 Å². The number of hydrogen-bond donors (Lipinski definition) is 3. The zero-order valence-electron chi connectivity index (χ0n) is 27.4. The van der Waals surface area contributed by atoms with Crippen LogP contribution in [0.3, 0.4) is 0 Å². The predicted octanol–water partition coefficient (Wildman–Crippen LogP) is 5.87. The molecule has 8 atom stereocenters. The largest absolute Gasteiger partial charge is 0.462 e. The molecule has 4 N–H and O–H groups in total. The highest BCUT2D eigenvalue weighted by Crippen LogP contribution is 2.43. The van der Waals surface area contributed by atoms with Gasteiger partial charge < -0.3 is 30.4 Å². The highest BCUT2D eigenvalue weighted by atomic mass is 16.6. The first-order chi connectivity index (χ1) is 20.7. The van der Waals surface area contributed by atoms with Crippen molar-refractivity contribution in [3.8, 4) is 0 Å². The molecule has 0 aromatic rings. The second-order valence-corrected chi connectivity index (χ2v) is 14.7. The van der Waals surface area contributed by atoms with Crippen LogP contribution in [0.4, 0.5) is 0 Å². The molecule has 0 amide bonds. The van der Waals surface area contributed by atoms with Crippen molar-refractivity contribution in [2.24, 2.45) is 41.2 Å². The van der Waals surface area contributed by atoms with Crippen LogP contribution in [0.2, 0.25) is 0 Å². The fourth-order valence-corrected chi connectivity index (χ4v) is 9.34. The van der Waals surface area contributed by atoms with Gasteiger partial charge in [-0.15, -0.1) is 0 Å². The van der Waals surface area contributed by atoms with Gasteiger partial charge in [0.05, 0.1) is 18.4 Å². The number of carbonyl (C=O) groups is 2. The molecule has 4 fully saturated rings. The molecule has 0 radical (unpaired) electrons. The minimum atomic E-state index is -0.465. The smallest absolute Gasteiger partial charge is 0.302 e. The zero-order chi connectivity index (χ0) is 30.8. The number of carbonyl (C=O) groups excluding carboxylic acids is 2. The quantitative estimate of drug-likeness (QED) is 0.223. The van der Waals surface area contributed by atoms with Crippen LogP contribution in [0.15, 0.2) is 0 Å². The van der Waals surface area contributed by atoms with Gasteiger partial charge in [0.1, 0.15) is 12.2 Å². The SMILES string of the molecule is COC1CC(CCC(CC(CC2CCC(CC3CCCCC3)CC2)OC(C)=O)OC(C)=O)C(C2CCNC(N)C2)CC1O. The van der Waals surface area contributed by atoms with E-state index >= 15 is 0 Å². The molecule has 3 saturated carbocycles. The molecule has 8 nitrogen and oxygen atoms in total. The van der Waals surface area contributed by atoms with Crippen LogP contribution < -0.4 is 11.1 Å². The lowest BCUT2D eigenvalue weighted by Crippen LogP contribution is -2.49. The third-order valence-electron chi connectivity index (χ3n) is 11.5. The molecule has 1 heterocycles. The number of piperidine rings is 1. The van der Waals surface area contributed by atoms with E-state index in [2.05, 4.69) is 5.32 Å². The molecule has 8 heteroatoms. The van der Waals surface area contributed by atoms with Gasteiger partial charge in [-0.05, 0) is 93.4 Å². The van der Waals surface area contributed by atoms with Crippen molar-refractivity contribution >= 4 is 11.9 Å². The highest BCUT2D eigenvalue weighted by molar-refractivity contribution is 5.66. The van der Waals surface area contributed by atoms with Crippen molar-refractivity contribution < 1.29 is 28.9 Å². The number of nitrogens with two attached hydrogens (primary N) is 1. The third-order valence-corrected chi connectivity index (χ3v) is 11.5. The normalized spacial score (nSPS) is 35.6. The van der Waals surface area contributed by atoms with E-state index in [9.17, 15) is 14.7 Å². The Labute approximate surface area is 260 Å². The maximum absolute atomic E-state index is 12.2. The zero-order valence-corrected chi connectivity index (χ0v) is 27.4. The monoisotopic (exact) mass is 606 g/mol. The minimum Gasteiger partial charge on any atom is -0.462 e. The van der Waals surface area contributed by atoms with Gasteiger partial charge >= 0.3 is 11.9 Å². The topological polar surface area (TPSA) is 120 Å². The summed E-state index contributed by atoms with van der Waals surface area (Å²) in [5.74, 6) is 2.98.